The van der Waals surface area contributed by atoms with Gasteiger partial charge in [0.05, 0.1) is 6.61 Å². The average molecular weight is 633 g/mol. The zero-order chi connectivity index (χ0) is 31.3. The number of phenolic OH excluding ortho intramolecular Hbond substituents is 1. The quantitative estimate of drug-likeness (QED) is 0.128. The second-order valence-corrected chi connectivity index (χ2v) is 12.1. The zero-order valence-corrected chi connectivity index (χ0v) is 24.5. The number of hydrogen-bond donors (Lipinski definition) is 4. The zero-order valence-electron chi connectivity index (χ0n) is 22.9. The third kappa shape index (κ3) is 7.22. The highest BCUT2D eigenvalue weighted by atomic mass is 32.2. The molecule has 4 N–H and O–H groups in total. The van der Waals surface area contributed by atoms with E-state index in [0.717, 1.165) is 28.5 Å². The molecule has 12 heteroatoms. The van der Waals surface area contributed by atoms with Crippen molar-refractivity contribution in [1.82, 2.24) is 0 Å². The van der Waals surface area contributed by atoms with Crippen LogP contribution < -0.4 is 14.8 Å². The van der Waals surface area contributed by atoms with Crippen molar-refractivity contribution in [2.45, 2.75) is 11.3 Å². The molecule has 224 valence electrons. The summed E-state index contributed by atoms with van der Waals surface area (Å²) in [6.07, 6.45) is 0.323. The number of ether oxygens (including phenoxy) is 1. The lowest BCUT2D eigenvalue weighted by Gasteiger charge is -2.12. The Morgan fingerprint density at radius 1 is 0.864 bits per heavy atom. The summed E-state index contributed by atoms with van der Waals surface area (Å²) < 4.78 is 48.2. The number of thiophene rings is 1. The second kappa shape index (κ2) is 13.0. The first-order valence-electron chi connectivity index (χ1n) is 13.1. The number of amides is 1. The Bertz CT molecular complexity index is 1940. The fourth-order valence-corrected chi connectivity index (χ4v) is 6.65. The van der Waals surface area contributed by atoms with Crippen LogP contribution in [0.3, 0.4) is 0 Å². The Balaban J connectivity index is 1.17. The molecule has 0 radical (unpaired) electrons. The van der Waals surface area contributed by atoms with Gasteiger partial charge in [-0.2, -0.15) is 0 Å². The molecule has 1 heterocycles. The summed E-state index contributed by atoms with van der Waals surface area (Å²) in [5, 5.41) is 22.8. The first-order valence-corrected chi connectivity index (χ1v) is 15.5. The second-order valence-electron chi connectivity index (χ2n) is 9.55. The molecule has 0 fully saturated rings. The fourth-order valence-electron chi connectivity index (χ4n) is 4.34. The lowest BCUT2D eigenvalue weighted by atomic mass is 10.0. The van der Waals surface area contributed by atoms with Crippen molar-refractivity contribution in [2.24, 2.45) is 0 Å². The highest BCUT2D eigenvalue weighted by Crippen LogP contribution is 2.27. The van der Waals surface area contributed by atoms with Gasteiger partial charge in [-0.05, 0) is 76.7 Å². The van der Waals surface area contributed by atoms with Gasteiger partial charge in [-0.25, -0.2) is 17.6 Å². The Labute approximate surface area is 256 Å². The van der Waals surface area contributed by atoms with Gasteiger partial charge in [0, 0.05) is 29.4 Å². The molecule has 0 aliphatic carbocycles. The maximum atomic E-state index is 14.8. The highest BCUT2D eigenvalue weighted by molar-refractivity contribution is 7.93. The van der Waals surface area contributed by atoms with Gasteiger partial charge >= 0.3 is 5.97 Å². The van der Waals surface area contributed by atoms with E-state index in [-0.39, 0.29) is 39.3 Å². The van der Waals surface area contributed by atoms with Crippen molar-refractivity contribution in [2.75, 3.05) is 16.6 Å². The number of nitrogens with one attached hydrogen (secondary N) is 2. The van der Waals surface area contributed by atoms with Crippen LogP contribution in [-0.4, -0.2) is 37.1 Å². The summed E-state index contributed by atoms with van der Waals surface area (Å²) >= 11 is 0.818. The number of rotatable bonds is 11. The minimum Gasteiger partial charge on any atom is -0.508 e. The molecule has 0 unspecified atom stereocenters. The number of sulfonamides is 1. The summed E-state index contributed by atoms with van der Waals surface area (Å²) in [4.78, 5) is 23.6. The van der Waals surface area contributed by atoms with Crippen LogP contribution in [0.25, 0.3) is 11.1 Å². The standard InChI is InChI=1S/C32H25FN2O7S2/c33-27-19-24(34-31(37)23-5-2-4-22(18-23)21-7-10-26(36)11-8-21)9-12-28(27)42-15-13-20-3-1-6-25(17-20)35-44(40,41)29-14-16-43-30(29)32(38)39/h1-12,14,16-19,35-36H,13,15H2,(H,34,37)(H,38,39). The third-order valence-corrected chi connectivity index (χ3v) is 8.91. The Hall–Kier alpha value is -5.20. The van der Waals surface area contributed by atoms with Crippen molar-refractivity contribution < 1.29 is 37.3 Å². The van der Waals surface area contributed by atoms with Crippen LogP contribution in [0.4, 0.5) is 15.8 Å². The summed E-state index contributed by atoms with van der Waals surface area (Å²) in [6, 6.07) is 25.3. The maximum Gasteiger partial charge on any atom is 0.347 e. The van der Waals surface area contributed by atoms with E-state index >= 15 is 0 Å². The van der Waals surface area contributed by atoms with Crippen molar-refractivity contribution in [3.8, 4) is 22.6 Å². The summed E-state index contributed by atoms with van der Waals surface area (Å²) in [6.45, 7) is 0.0799. The molecule has 0 saturated carbocycles. The van der Waals surface area contributed by atoms with Crippen molar-refractivity contribution >= 4 is 44.6 Å². The molecule has 4 aromatic carbocycles. The lowest BCUT2D eigenvalue weighted by molar-refractivity contribution is 0.0698. The molecule has 5 aromatic rings. The monoisotopic (exact) mass is 632 g/mol. The number of benzene rings is 4. The van der Waals surface area contributed by atoms with E-state index in [4.69, 9.17) is 4.74 Å². The Kier molecular flexibility index (Phi) is 8.93. The van der Waals surface area contributed by atoms with Crippen LogP contribution in [0.5, 0.6) is 11.5 Å². The van der Waals surface area contributed by atoms with Gasteiger partial charge in [0.15, 0.2) is 11.6 Å². The van der Waals surface area contributed by atoms with E-state index in [2.05, 4.69) is 10.0 Å². The topological polar surface area (TPSA) is 142 Å². The number of carboxylic acid groups (broad SMARTS) is 1. The molecule has 0 aliphatic heterocycles. The van der Waals surface area contributed by atoms with E-state index < -0.39 is 27.7 Å². The first kappa shape index (κ1) is 30.3. The molecule has 0 saturated heterocycles. The van der Waals surface area contributed by atoms with Gasteiger partial charge in [-0.15, -0.1) is 11.3 Å². The molecule has 1 aromatic heterocycles. The predicted octanol–water partition coefficient (Wildman–Crippen LogP) is 6.63. The third-order valence-electron chi connectivity index (χ3n) is 6.46. The number of hydrogen-bond acceptors (Lipinski definition) is 7. The summed E-state index contributed by atoms with van der Waals surface area (Å²) in [7, 11) is -4.12. The van der Waals surface area contributed by atoms with Gasteiger partial charge in [-0.1, -0.05) is 36.4 Å². The van der Waals surface area contributed by atoms with Crippen LogP contribution in [0.2, 0.25) is 0 Å². The number of halogens is 1. The normalized spacial score (nSPS) is 11.1. The van der Waals surface area contributed by atoms with E-state index in [1.807, 2.05) is 6.07 Å². The van der Waals surface area contributed by atoms with Gasteiger partial charge in [0.25, 0.3) is 15.9 Å². The van der Waals surface area contributed by atoms with Crippen molar-refractivity contribution in [1.29, 1.82) is 0 Å². The van der Waals surface area contributed by atoms with Crippen LogP contribution in [0, 0.1) is 5.82 Å². The van der Waals surface area contributed by atoms with Crippen molar-refractivity contribution in [3.05, 3.63) is 124 Å². The smallest absolute Gasteiger partial charge is 0.347 e. The van der Waals surface area contributed by atoms with Crippen LogP contribution >= 0.6 is 11.3 Å². The molecular weight excluding hydrogens is 607 g/mol. The predicted molar refractivity (Wildman–Crippen MR) is 166 cm³/mol. The number of aromatic carboxylic acids is 1. The minimum atomic E-state index is -4.12. The minimum absolute atomic E-state index is 0.0205. The van der Waals surface area contributed by atoms with Crippen LogP contribution in [0.15, 0.2) is 107 Å². The Morgan fingerprint density at radius 3 is 2.39 bits per heavy atom. The molecule has 0 spiro atoms. The average Bonchev–Trinajstić information content (AvgIpc) is 3.51. The van der Waals surface area contributed by atoms with Gasteiger partial charge in [0.1, 0.15) is 15.5 Å². The molecule has 5 rings (SSSR count). The summed E-state index contributed by atoms with van der Waals surface area (Å²) in [5.41, 5.74) is 3.17. The Morgan fingerprint density at radius 2 is 1.64 bits per heavy atom. The number of carbonyl (C=O) groups is 2. The van der Waals surface area contributed by atoms with E-state index in [9.17, 15) is 32.6 Å². The maximum absolute atomic E-state index is 14.8. The van der Waals surface area contributed by atoms with Gasteiger partial charge in [-0.3, -0.25) is 9.52 Å². The fraction of sp³-hybridized carbons (Fsp3) is 0.0625. The molecular formula is C32H25FN2O7S2. The molecule has 1 amide bonds. The van der Waals surface area contributed by atoms with E-state index in [1.165, 1.54) is 29.6 Å². The SMILES string of the molecule is O=C(Nc1ccc(OCCc2cccc(NS(=O)(=O)c3ccsc3C(=O)O)c2)c(F)c1)c1cccc(-c2ccc(O)cc2)c1. The number of anilines is 2. The number of aromatic hydroxyl groups is 1. The van der Waals surface area contributed by atoms with E-state index in [0.29, 0.717) is 17.5 Å². The van der Waals surface area contributed by atoms with Crippen LogP contribution in [-0.2, 0) is 16.4 Å². The van der Waals surface area contributed by atoms with Gasteiger partial charge < -0.3 is 20.3 Å². The molecule has 0 bridgehead atoms. The van der Waals surface area contributed by atoms with Crippen molar-refractivity contribution in [3.63, 3.8) is 0 Å². The number of phenols is 1. The lowest BCUT2D eigenvalue weighted by Crippen LogP contribution is -2.15. The highest BCUT2D eigenvalue weighted by Gasteiger charge is 2.24. The molecule has 0 atom stereocenters. The first-order chi connectivity index (χ1) is 21.1. The number of carboxylic acids is 1. The summed E-state index contributed by atoms with van der Waals surface area (Å²) in [5.74, 6) is -2.31. The number of carbonyl (C=O) groups excluding carboxylic acids is 1. The van der Waals surface area contributed by atoms with Crippen LogP contribution in [0.1, 0.15) is 25.6 Å². The molecule has 0 aliphatic rings. The van der Waals surface area contributed by atoms with E-state index in [1.54, 1.807) is 60.7 Å². The molecule has 9 nitrogen and oxygen atoms in total. The molecule has 44 heavy (non-hydrogen) atoms. The van der Waals surface area contributed by atoms with Gasteiger partial charge in [0.2, 0.25) is 0 Å². The largest absolute Gasteiger partial charge is 0.508 e.